The minimum Gasteiger partial charge on any atom is -0.381 e. The van der Waals surface area contributed by atoms with E-state index in [0.29, 0.717) is 26.3 Å². The predicted molar refractivity (Wildman–Crippen MR) is 87.2 cm³/mol. The van der Waals surface area contributed by atoms with Gasteiger partial charge in [-0.3, -0.25) is 9.59 Å². The van der Waals surface area contributed by atoms with Crippen molar-refractivity contribution in [3.63, 3.8) is 0 Å². The molecule has 2 amide bonds. The van der Waals surface area contributed by atoms with Crippen LogP contribution in [-0.4, -0.2) is 49.1 Å². The predicted octanol–water partition coefficient (Wildman–Crippen LogP) is 1.75. The molecule has 2 fully saturated rings. The van der Waals surface area contributed by atoms with Crippen molar-refractivity contribution in [2.24, 2.45) is 5.92 Å². The Balaban J connectivity index is 1.50. The Labute approximate surface area is 137 Å². The maximum absolute atomic E-state index is 12.4. The molecule has 2 aliphatic heterocycles. The fourth-order valence-corrected chi connectivity index (χ4v) is 3.32. The molecule has 2 aliphatic rings. The molecule has 2 saturated heterocycles. The number of nitrogens with zero attached hydrogens (tertiary/aromatic N) is 1. The molecule has 0 saturated carbocycles. The smallest absolute Gasteiger partial charge is 0.251 e. The van der Waals surface area contributed by atoms with Crippen LogP contribution in [-0.2, 0) is 9.53 Å². The second-order valence-electron chi connectivity index (χ2n) is 6.45. The number of carbonyl (C=O) groups is 2. The van der Waals surface area contributed by atoms with Crippen LogP contribution in [0.3, 0.4) is 0 Å². The van der Waals surface area contributed by atoms with Crippen LogP contribution < -0.4 is 5.32 Å². The third-order valence-electron chi connectivity index (χ3n) is 4.81. The molecule has 1 unspecified atom stereocenters. The first-order valence-corrected chi connectivity index (χ1v) is 8.38. The third-order valence-corrected chi connectivity index (χ3v) is 4.81. The van der Waals surface area contributed by atoms with Gasteiger partial charge in [0, 0.05) is 31.3 Å². The number of aryl methyl sites for hydroxylation is 1. The van der Waals surface area contributed by atoms with Gasteiger partial charge in [0.2, 0.25) is 5.91 Å². The second-order valence-corrected chi connectivity index (χ2v) is 6.45. The normalized spacial score (nSPS) is 22.1. The van der Waals surface area contributed by atoms with Crippen LogP contribution in [0.2, 0.25) is 0 Å². The summed E-state index contributed by atoms with van der Waals surface area (Å²) in [5.74, 6) is 0.233. The van der Waals surface area contributed by atoms with E-state index in [-0.39, 0.29) is 23.8 Å². The van der Waals surface area contributed by atoms with Gasteiger partial charge in [0.15, 0.2) is 0 Å². The summed E-state index contributed by atoms with van der Waals surface area (Å²) in [5.41, 5.74) is 1.72. The van der Waals surface area contributed by atoms with Gasteiger partial charge >= 0.3 is 0 Å². The zero-order valence-electron chi connectivity index (χ0n) is 13.6. The van der Waals surface area contributed by atoms with Crippen molar-refractivity contribution in [1.82, 2.24) is 10.2 Å². The van der Waals surface area contributed by atoms with Gasteiger partial charge in [-0.25, -0.2) is 0 Å². The summed E-state index contributed by atoms with van der Waals surface area (Å²) < 4.78 is 5.30. The highest BCUT2D eigenvalue weighted by Gasteiger charge is 2.31. The minimum absolute atomic E-state index is 0.0166. The van der Waals surface area contributed by atoms with Crippen LogP contribution in [0, 0.1) is 12.8 Å². The van der Waals surface area contributed by atoms with Gasteiger partial charge in [-0.1, -0.05) is 18.2 Å². The number of nitrogens with one attached hydrogen (secondary N) is 1. The summed E-state index contributed by atoms with van der Waals surface area (Å²) in [6.45, 7) is 4.63. The maximum atomic E-state index is 12.4. The molecule has 0 aromatic heterocycles. The van der Waals surface area contributed by atoms with E-state index in [1.54, 1.807) is 0 Å². The highest BCUT2D eigenvalue weighted by atomic mass is 16.5. The average molecular weight is 316 g/mol. The zero-order chi connectivity index (χ0) is 16.2. The Morgan fingerprint density at radius 1 is 1.17 bits per heavy atom. The summed E-state index contributed by atoms with van der Waals surface area (Å²) in [7, 11) is 0. The quantitative estimate of drug-likeness (QED) is 0.924. The van der Waals surface area contributed by atoms with Crippen molar-refractivity contribution in [2.75, 3.05) is 26.3 Å². The topological polar surface area (TPSA) is 58.6 Å². The number of hydrogen-bond acceptors (Lipinski definition) is 3. The number of carbonyl (C=O) groups excluding carboxylic acids is 2. The Kier molecular flexibility index (Phi) is 4.96. The number of ether oxygens (including phenoxy) is 1. The molecule has 0 bridgehead atoms. The van der Waals surface area contributed by atoms with E-state index < -0.39 is 0 Å². The van der Waals surface area contributed by atoms with Crippen LogP contribution in [0.4, 0.5) is 0 Å². The lowest BCUT2D eigenvalue weighted by Gasteiger charge is -2.33. The molecule has 124 valence electrons. The fourth-order valence-electron chi connectivity index (χ4n) is 3.32. The minimum atomic E-state index is -0.0166. The molecule has 0 radical (unpaired) electrons. The maximum Gasteiger partial charge on any atom is 0.251 e. The highest BCUT2D eigenvalue weighted by Crippen LogP contribution is 2.19. The first-order valence-electron chi connectivity index (χ1n) is 8.38. The van der Waals surface area contributed by atoms with Gasteiger partial charge in [0.1, 0.15) is 0 Å². The van der Waals surface area contributed by atoms with Crippen molar-refractivity contribution < 1.29 is 14.3 Å². The van der Waals surface area contributed by atoms with Gasteiger partial charge in [0.25, 0.3) is 5.91 Å². The molecule has 5 nitrogen and oxygen atoms in total. The van der Waals surface area contributed by atoms with E-state index in [1.165, 1.54) is 0 Å². The van der Waals surface area contributed by atoms with E-state index in [2.05, 4.69) is 5.32 Å². The SMILES string of the molecule is Cc1ccccc1C(=O)NC1CCN(C(=O)C2CCOC2)CC1. The third kappa shape index (κ3) is 3.72. The van der Waals surface area contributed by atoms with E-state index in [0.717, 1.165) is 30.4 Å². The van der Waals surface area contributed by atoms with Crippen molar-refractivity contribution >= 4 is 11.8 Å². The average Bonchev–Trinajstić information content (AvgIpc) is 3.09. The Morgan fingerprint density at radius 3 is 2.57 bits per heavy atom. The Morgan fingerprint density at radius 2 is 1.91 bits per heavy atom. The van der Waals surface area contributed by atoms with Crippen LogP contribution >= 0.6 is 0 Å². The molecule has 1 atom stereocenters. The van der Waals surface area contributed by atoms with Gasteiger partial charge < -0.3 is 15.0 Å². The summed E-state index contributed by atoms with van der Waals surface area (Å²) in [6.07, 6.45) is 2.47. The van der Waals surface area contributed by atoms with Gasteiger partial charge in [-0.2, -0.15) is 0 Å². The molecule has 3 rings (SSSR count). The number of likely N-dealkylation sites (tertiary alicyclic amines) is 1. The molecule has 0 spiro atoms. The van der Waals surface area contributed by atoms with Crippen molar-refractivity contribution in [1.29, 1.82) is 0 Å². The zero-order valence-corrected chi connectivity index (χ0v) is 13.6. The molecular weight excluding hydrogens is 292 g/mol. The number of rotatable bonds is 3. The van der Waals surface area contributed by atoms with Crippen molar-refractivity contribution in [2.45, 2.75) is 32.2 Å². The van der Waals surface area contributed by atoms with Gasteiger partial charge in [-0.15, -0.1) is 0 Å². The lowest BCUT2D eigenvalue weighted by molar-refractivity contribution is -0.136. The monoisotopic (exact) mass is 316 g/mol. The summed E-state index contributed by atoms with van der Waals surface area (Å²) in [5, 5.41) is 3.10. The Bertz CT molecular complexity index is 573. The molecule has 0 aliphatic carbocycles. The second kappa shape index (κ2) is 7.13. The molecule has 23 heavy (non-hydrogen) atoms. The van der Waals surface area contributed by atoms with Crippen LogP contribution in [0.1, 0.15) is 35.2 Å². The fraction of sp³-hybridized carbons (Fsp3) is 0.556. The van der Waals surface area contributed by atoms with Gasteiger partial charge in [-0.05, 0) is 37.8 Å². The molecule has 5 heteroatoms. The molecule has 2 heterocycles. The molecule has 1 N–H and O–H groups in total. The number of piperidine rings is 1. The van der Waals surface area contributed by atoms with Crippen LogP contribution in [0.5, 0.6) is 0 Å². The lowest BCUT2D eigenvalue weighted by atomic mass is 10.0. The van der Waals surface area contributed by atoms with E-state index in [9.17, 15) is 9.59 Å². The number of benzene rings is 1. The van der Waals surface area contributed by atoms with Gasteiger partial charge in [0.05, 0.1) is 12.5 Å². The molecule has 1 aromatic rings. The highest BCUT2D eigenvalue weighted by molar-refractivity contribution is 5.95. The first kappa shape index (κ1) is 16.0. The number of hydrogen-bond donors (Lipinski definition) is 1. The standard InChI is InChI=1S/C18H24N2O3/c1-13-4-2-3-5-16(13)17(21)19-15-6-9-20(10-7-15)18(22)14-8-11-23-12-14/h2-5,14-15H,6-12H2,1H3,(H,19,21). The Hall–Kier alpha value is -1.88. The molecular formula is C18H24N2O3. The summed E-state index contributed by atoms with van der Waals surface area (Å²) in [4.78, 5) is 26.6. The molecule has 1 aromatic carbocycles. The van der Waals surface area contributed by atoms with E-state index >= 15 is 0 Å². The van der Waals surface area contributed by atoms with Crippen molar-refractivity contribution in [3.8, 4) is 0 Å². The number of amides is 2. The van der Waals surface area contributed by atoms with Crippen molar-refractivity contribution in [3.05, 3.63) is 35.4 Å². The largest absolute Gasteiger partial charge is 0.381 e. The van der Waals surface area contributed by atoms with E-state index in [4.69, 9.17) is 4.74 Å². The summed E-state index contributed by atoms with van der Waals surface area (Å²) >= 11 is 0. The van der Waals surface area contributed by atoms with E-state index in [1.807, 2.05) is 36.1 Å². The first-order chi connectivity index (χ1) is 11.1. The lowest BCUT2D eigenvalue weighted by Crippen LogP contribution is -2.48. The summed E-state index contributed by atoms with van der Waals surface area (Å²) in [6, 6.07) is 7.75. The van der Waals surface area contributed by atoms with Crippen LogP contribution in [0.15, 0.2) is 24.3 Å². The van der Waals surface area contributed by atoms with Crippen LogP contribution in [0.25, 0.3) is 0 Å².